The van der Waals surface area contributed by atoms with Crippen molar-refractivity contribution in [2.24, 2.45) is 7.05 Å². The van der Waals surface area contributed by atoms with Gasteiger partial charge in [0, 0.05) is 23.2 Å². The van der Waals surface area contributed by atoms with Gasteiger partial charge in [-0.25, -0.2) is 4.98 Å². The monoisotopic (exact) mass is 534 g/mol. The van der Waals surface area contributed by atoms with Crippen molar-refractivity contribution in [1.29, 1.82) is 0 Å². The van der Waals surface area contributed by atoms with Gasteiger partial charge in [0.25, 0.3) is 11.5 Å². The SMILES string of the molecule is COc1ccccc1NC(=O)c1ccc(NC(=O)CSc2nc3sc4c(c3c(=O)n2C)CCCC4)cc1. The maximum atomic E-state index is 13.0. The van der Waals surface area contributed by atoms with E-state index >= 15 is 0 Å². The van der Waals surface area contributed by atoms with Gasteiger partial charge in [-0.15, -0.1) is 11.3 Å². The molecule has 0 unspecified atom stereocenters. The molecule has 190 valence electrons. The number of amides is 2. The van der Waals surface area contributed by atoms with Crippen molar-refractivity contribution in [1.82, 2.24) is 9.55 Å². The Morgan fingerprint density at radius 2 is 1.84 bits per heavy atom. The molecule has 0 saturated carbocycles. The molecule has 0 saturated heterocycles. The van der Waals surface area contributed by atoms with Crippen LogP contribution in [0.15, 0.2) is 58.5 Å². The number of benzene rings is 2. The summed E-state index contributed by atoms with van der Waals surface area (Å²) in [6.45, 7) is 0. The third-order valence-electron chi connectivity index (χ3n) is 6.27. The fourth-order valence-electron chi connectivity index (χ4n) is 4.37. The molecule has 2 amide bonds. The number of thioether (sulfide) groups is 1. The van der Waals surface area contributed by atoms with Gasteiger partial charge in [-0.3, -0.25) is 19.0 Å². The number of carbonyl (C=O) groups is 2. The number of anilines is 2. The predicted molar refractivity (Wildman–Crippen MR) is 148 cm³/mol. The first-order valence-corrected chi connectivity index (χ1v) is 13.7. The number of aryl methyl sites for hydroxylation is 2. The van der Waals surface area contributed by atoms with Crippen molar-refractivity contribution in [3.05, 3.63) is 74.9 Å². The zero-order valence-electron chi connectivity index (χ0n) is 20.5. The fraction of sp³-hybridized carbons (Fsp3) is 0.259. The number of fused-ring (bicyclic) bond motifs is 3. The summed E-state index contributed by atoms with van der Waals surface area (Å²) in [7, 11) is 3.25. The third-order valence-corrected chi connectivity index (χ3v) is 8.49. The first-order chi connectivity index (χ1) is 17.9. The molecule has 5 rings (SSSR count). The molecule has 8 nitrogen and oxygen atoms in total. The number of hydrogen-bond acceptors (Lipinski definition) is 7. The van der Waals surface area contributed by atoms with Crippen molar-refractivity contribution in [2.75, 3.05) is 23.5 Å². The van der Waals surface area contributed by atoms with Gasteiger partial charge >= 0.3 is 0 Å². The van der Waals surface area contributed by atoms with Crippen molar-refractivity contribution >= 4 is 56.5 Å². The number of thiophene rings is 1. The second kappa shape index (κ2) is 10.8. The standard InChI is InChI=1S/C27H26N4O4S2/c1-31-26(34)23-18-7-3-6-10-21(18)37-25(23)30-27(31)36-15-22(32)28-17-13-11-16(12-14-17)24(33)29-19-8-4-5-9-20(19)35-2/h4-5,8-9,11-14H,3,6-7,10,15H2,1-2H3,(H,28,32)(H,29,33). The van der Waals surface area contributed by atoms with Crippen LogP contribution in [0.3, 0.4) is 0 Å². The lowest BCUT2D eigenvalue weighted by Gasteiger charge is -2.11. The van der Waals surface area contributed by atoms with Crippen LogP contribution in [0.25, 0.3) is 10.2 Å². The van der Waals surface area contributed by atoms with E-state index in [2.05, 4.69) is 10.6 Å². The first kappa shape index (κ1) is 25.0. The number of methoxy groups -OCH3 is 1. The normalized spacial score (nSPS) is 12.7. The zero-order valence-corrected chi connectivity index (χ0v) is 22.1. The Morgan fingerprint density at radius 3 is 2.62 bits per heavy atom. The molecule has 4 aromatic rings. The predicted octanol–water partition coefficient (Wildman–Crippen LogP) is 4.87. The highest BCUT2D eigenvalue weighted by Gasteiger charge is 2.21. The highest BCUT2D eigenvalue weighted by Crippen LogP contribution is 2.34. The number of carbonyl (C=O) groups excluding carboxylic acids is 2. The van der Waals surface area contributed by atoms with Gasteiger partial charge in [0.15, 0.2) is 5.16 Å². The maximum absolute atomic E-state index is 13.0. The largest absolute Gasteiger partial charge is 0.495 e. The fourth-order valence-corrected chi connectivity index (χ4v) is 6.45. The van der Waals surface area contributed by atoms with E-state index in [1.807, 2.05) is 12.1 Å². The van der Waals surface area contributed by atoms with Crippen LogP contribution in [-0.2, 0) is 24.7 Å². The highest BCUT2D eigenvalue weighted by molar-refractivity contribution is 7.99. The van der Waals surface area contributed by atoms with Crippen LogP contribution in [0, 0.1) is 0 Å². The van der Waals surface area contributed by atoms with Crippen LogP contribution in [0.1, 0.15) is 33.6 Å². The van der Waals surface area contributed by atoms with Crippen LogP contribution >= 0.6 is 23.1 Å². The molecule has 0 atom stereocenters. The van der Waals surface area contributed by atoms with Crippen LogP contribution in [0.2, 0.25) is 0 Å². The Morgan fingerprint density at radius 1 is 1.08 bits per heavy atom. The van der Waals surface area contributed by atoms with E-state index in [0.717, 1.165) is 41.5 Å². The first-order valence-electron chi connectivity index (χ1n) is 11.9. The molecular weight excluding hydrogens is 508 g/mol. The molecule has 10 heteroatoms. The van der Waals surface area contributed by atoms with E-state index < -0.39 is 0 Å². The molecule has 0 aliphatic heterocycles. The Kier molecular flexibility index (Phi) is 7.29. The Labute approximate surface area is 222 Å². The number of nitrogens with zero attached hydrogens (tertiary/aromatic N) is 2. The Hall–Kier alpha value is -3.63. The minimum atomic E-state index is -0.282. The summed E-state index contributed by atoms with van der Waals surface area (Å²) in [6.07, 6.45) is 4.19. The van der Waals surface area contributed by atoms with Gasteiger partial charge in [-0.1, -0.05) is 23.9 Å². The van der Waals surface area contributed by atoms with Gasteiger partial charge in [-0.05, 0) is 67.6 Å². The molecule has 2 heterocycles. The second-order valence-electron chi connectivity index (χ2n) is 8.72. The molecule has 0 bridgehead atoms. The van der Waals surface area contributed by atoms with E-state index in [4.69, 9.17) is 9.72 Å². The third kappa shape index (κ3) is 5.26. The van der Waals surface area contributed by atoms with E-state index in [1.54, 1.807) is 61.9 Å². The summed E-state index contributed by atoms with van der Waals surface area (Å²) in [6, 6.07) is 13.8. The van der Waals surface area contributed by atoms with Gasteiger partial charge in [0.1, 0.15) is 10.6 Å². The maximum Gasteiger partial charge on any atom is 0.262 e. The van der Waals surface area contributed by atoms with Crippen molar-refractivity contribution in [3.8, 4) is 5.75 Å². The summed E-state index contributed by atoms with van der Waals surface area (Å²) in [5.41, 5.74) is 2.71. The number of hydrogen-bond donors (Lipinski definition) is 2. The Balaban J connectivity index is 1.21. The lowest BCUT2D eigenvalue weighted by atomic mass is 9.97. The molecule has 2 aromatic heterocycles. The molecule has 2 N–H and O–H groups in total. The topological polar surface area (TPSA) is 102 Å². The van der Waals surface area contributed by atoms with Crippen LogP contribution in [0.5, 0.6) is 5.75 Å². The molecule has 0 radical (unpaired) electrons. The van der Waals surface area contributed by atoms with E-state index in [9.17, 15) is 14.4 Å². The van der Waals surface area contributed by atoms with Gasteiger partial charge in [0.2, 0.25) is 5.91 Å². The van der Waals surface area contributed by atoms with Crippen molar-refractivity contribution < 1.29 is 14.3 Å². The van der Waals surface area contributed by atoms with Crippen LogP contribution in [-0.4, -0.2) is 34.2 Å². The summed E-state index contributed by atoms with van der Waals surface area (Å²) in [5.74, 6) is 0.168. The summed E-state index contributed by atoms with van der Waals surface area (Å²) >= 11 is 2.83. The lowest BCUT2D eigenvalue weighted by Crippen LogP contribution is -2.22. The average molecular weight is 535 g/mol. The lowest BCUT2D eigenvalue weighted by molar-refractivity contribution is -0.113. The summed E-state index contributed by atoms with van der Waals surface area (Å²) in [4.78, 5) is 45.0. The second-order valence-corrected chi connectivity index (χ2v) is 10.7. The molecule has 0 spiro atoms. The minimum absolute atomic E-state index is 0.0469. The number of nitrogens with one attached hydrogen (secondary N) is 2. The zero-order chi connectivity index (χ0) is 25.9. The van der Waals surface area contributed by atoms with E-state index in [0.29, 0.717) is 27.8 Å². The number of aromatic nitrogens is 2. The number of rotatable bonds is 7. The average Bonchev–Trinajstić information content (AvgIpc) is 3.29. The smallest absolute Gasteiger partial charge is 0.262 e. The van der Waals surface area contributed by atoms with E-state index in [-0.39, 0.29) is 23.1 Å². The van der Waals surface area contributed by atoms with E-state index in [1.165, 1.54) is 21.2 Å². The molecule has 1 aliphatic rings. The van der Waals surface area contributed by atoms with Crippen LogP contribution in [0.4, 0.5) is 11.4 Å². The molecular formula is C27H26N4O4S2. The molecule has 0 fully saturated rings. The molecule has 2 aromatic carbocycles. The van der Waals surface area contributed by atoms with Crippen molar-refractivity contribution in [2.45, 2.75) is 30.8 Å². The molecule has 1 aliphatic carbocycles. The van der Waals surface area contributed by atoms with Crippen molar-refractivity contribution in [3.63, 3.8) is 0 Å². The minimum Gasteiger partial charge on any atom is -0.495 e. The summed E-state index contributed by atoms with van der Waals surface area (Å²) in [5, 5.41) is 6.92. The van der Waals surface area contributed by atoms with Crippen LogP contribution < -0.4 is 20.9 Å². The van der Waals surface area contributed by atoms with Gasteiger partial charge in [0.05, 0.1) is 23.9 Å². The molecule has 37 heavy (non-hydrogen) atoms. The number of ether oxygens (including phenoxy) is 1. The highest BCUT2D eigenvalue weighted by atomic mass is 32.2. The van der Waals surface area contributed by atoms with Gasteiger partial charge < -0.3 is 15.4 Å². The van der Waals surface area contributed by atoms with Gasteiger partial charge in [-0.2, -0.15) is 0 Å². The number of para-hydroxylation sites is 2. The summed E-state index contributed by atoms with van der Waals surface area (Å²) < 4.78 is 6.81. The quantitative estimate of drug-likeness (QED) is 0.259. The Bertz CT molecular complexity index is 1540.